The number of benzene rings is 1. The molecule has 0 bridgehead atoms. The van der Waals surface area contributed by atoms with Crippen LogP contribution in [0.1, 0.15) is 13.3 Å². The minimum absolute atomic E-state index is 0.0892. The Morgan fingerprint density at radius 1 is 1.48 bits per heavy atom. The van der Waals surface area contributed by atoms with Crippen LogP contribution in [0.3, 0.4) is 0 Å². The fourth-order valence-electron chi connectivity index (χ4n) is 2.76. The van der Waals surface area contributed by atoms with Crippen LogP contribution in [0.15, 0.2) is 30.5 Å². The molecule has 6 heteroatoms. The molecule has 0 radical (unpaired) electrons. The molecule has 1 aliphatic heterocycles. The maximum atomic E-state index is 11.5. The third-order valence-electron chi connectivity index (χ3n) is 3.99. The van der Waals surface area contributed by atoms with Gasteiger partial charge in [-0.3, -0.25) is 15.1 Å². The molecule has 1 aliphatic rings. The van der Waals surface area contributed by atoms with Crippen LogP contribution in [-0.4, -0.2) is 29.2 Å². The van der Waals surface area contributed by atoms with Crippen LogP contribution < -0.4 is 5.32 Å². The number of ether oxygens (including phenoxy) is 1. The Morgan fingerprint density at radius 2 is 2.33 bits per heavy atom. The average molecular weight is 287 g/mol. The van der Waals surface area contributed by atoms with Crippen molar-refractivity contribution in [2.75, 3.05) is 18.5 Å². The molecule has 1 fully saturated rings. The zero-order valence-electron chi connectivity index (χ0n) is 11.8. The predicted octanol–water partition coefficient (Wildman–Crippen LogP) is 2.98. The quantitative estimate of drug-likeness (QED) is 0.691. The van der Waals surface area contributed by atoms with Crippen molar-refractivity contribution in [1.82, 2.24) is 4.98 Å². The summed E-state index contributed by atoms with van der Waals surface area (Å²) in [6.07, 6.45) is 2.62. The first-order valence-electron chi connectivity index (χ1n) is 7.03. The van der Waals surface area contributed by atoms with Gasteiger partial charge in [-0.2, -0.15) is 0 Å². The molecule has 110 valence electrons. The molecule has 6 nitrogen and oxygen atoms in total. The molecule has 3 rings (SSSR count). The highest BCUT2D eigenvalue weighted by Crippen LogP contribution is 2.33. The lowest BCUT2D eigenvalue weighted by Gasteiger charge is -2.20. The minimum atomic E-state index is -0.343. The summed E-state index contributed by atoms with van der Waals surface area (Å²) < 4.78 is 5.38. The van der Waals surface area contributed by atoms with Gasteiger partial charge in [0.05, 0.1) is 22.4 Å². The topological polar surface area (TPSA) is 77.3 Å². The zero-order valence-corrected chi connectivity index (χ0v) is 11.8. The van der Waals surface area contributed by atoms with Crippen LogP contribution in [0.5, 0.6) is 0 Å². The number of nitro benzene ring substituents is 1. The van der Waals surface area contributed by atoms with Crippen LogP contribution in [0.2, 0.25) is 0 Å². The molecule has 2 aromatic rings. The third-order valence-corrected chi connectivity index (χ3v) is 3.99. The minimum Gasteiger partial charge on any atom is -0.381 e. The average Bonchev–Trinajstić information content (AvgIpc) is 3.01. The van der Waals surface area contributed by atoms with Crippen molar-refractivity contribution in [2.24, 2.45) is 5.92 Å². The standard InChI is InChI=1S/C15H17N3O3/c1-10(11-6-8-21-9-11)17-14-5-4-13-12(3-2-7-16-13)15(14)18(19)20/h2-5,7,10-11,17H,6,8-9H2,1H3. The molecule has 2 heterocycles. The number of fused-ring (bicyclic) bond motifs is 1. The molecule has 1 N–H and O–H groups in total. The molecular weight excluding hydrogens is 270 g/mol. The Hall–Kier alpha value is -2.21. The number of nitrogens with one attached hydrogen (secondary N) is 1. The molecule has 0 amide bonds. The smallest absolute Gasteiger partial charge is 0.301 e. The van der Waals surface area contributed by atoms with E-state index in [1.165, 1.54) is 0 Å². The van der Waals surface area contributed by atoms with Gasteiger partial charge in [0, 0.05) is 24.8 Å². The second kappa shape index (κ2) is 5.65. The van der Waals surface area contributed by atoms with E-state index in [1.807, 2.05) is 13.0 Å². The normalized spacial score (nSPS) is 19.6. The summed E-state index contributed by atoms with van der Waals surface area (Å²) in [5.74, 6) is 0.384. The van der Waals surface area contributed by atoms with E-state index in [4.69, 9.17) is 4.74 Å². The van der Waals surface area contributed by atoms with Crippen LogP contribution in [0.25, 0.3) is 10.9 Å². The highest BCUT2D eigenvalue weighted by atomic mass is 16.6. The van der Waals surface area contributed by atoms with E-state index < -0.39 is 0 Å². The monoisotopic (exact) mass is 287 g/mol. The first kappa shape index (κ1) is 13.8. The van der Waals surface area contributed by atoms with E-state index in [0.29, 0.717) is 29.1 Å². The van der Waals surface area contributed by atoms with Gasteiger partial charge in [-0.25, -0.2) is 0 Å². The summed E-state index contributed by atoms with van der Waals surface area (Å²) in [5.41, 5.74) is 1.26. The van der Waals surface area contributed by atoms with E-state index in [-0.39, 0.29) is 16.7 Å². The lowest BCUT2D eigenvalue weighted by molar-refractivity contribution is -0.382. The van der Waals surface area contributed by atoms with Crippen LogP contribution >= 0.6 is 0 Å². The van der Waals surface area contributed by atoms with Gasteiger partial charge in [-0.05, 0) is 37.6 Å². The maximum absolute atomic E-state index is 11.5. The Bertz CT molecular complexity index is 668. The van der Waals surface area contributed by atoms with Crippen molar-refractivity contribution in [3.8, 4) is 0 Å². The molecule has 0 spiro atoms. The molecule has 1 aromatic carbocycles. The molecule has 2 unspecified atom stereocenters. The number of pyridine rings is 1. The van der Waals surface area contributed by atoms with Crippen molar-refractivity contribution < 1.29 is 9.66 Å². The Morgan fingerprint density at radius 3 is 3.05 bits per heavy atom. The van der Waals surface area contributed by atoms with Gasteiger partial charge in [-0.1, -0.05) is 0 Å². The lowest BCUT2D eigenvalue weighted by Crippen LogP contribution is -2.26. The molecule has 1 aromatic heterocycles. The third kappa shape index (κ3) is 2.67. The first-order chi connectivity index (χ1) is 10.2. The van der Waals surface area contributed by atoms with Crippen LogP contribution in [-0.2, 0) is 4.74 Å². The van der Waals surface area contributed by atoms with E-state index in [2.05, 4.69) is 10.3 Å². The number of aromatic nitrogens is 1. The fourth-order valence-corrected chi connectivity index (χ4v) is 2.76. The Labute approximate surface area is 122 Å². The van der Waals surface area contributed by atoms with Gasteiger partial charge >= 0.3 is 5.69 Å². The lowest BCUT2D eigenvalue weighted by atomic mass is 10.00. The maximum Gasteiger partial charge on any atom is 0.301 e. The Balaban J connectivity index is 1.97. The van der Waals surface area contributed by atoms with E-state index in [1.54, 1.807) is 24.4 Å². The van der Waals surface area contributed by atoms with Crippen molar-refractivity contribution in [3.05, 3.63) is 40.6 Å². The zero-order chi connectivity index (χ0) is 14.8. The van der Waals surface area contributed by atoms with Gasteiger partial charge in [0.15, 0.2) is 0 Å². The van der Waals surface area contributed by atoms with E-state index in [0.717, 1.165) is 13.0 Å². The Kier molecular flexibility index (Phi) is 3.70. The van der Waals surface area contributed by atoms with Crippen LogP contribution in [0.4, 0.5) is 11.4 Å². The second-order valence-electron chi connectivity index (χ2n) is 5.35. The molecule has 0 aliphatic carbocycles. The van der Waals surface area contributed by atoms with Crippen molar-refractivity contribution in [2.45, 2.75) is 19.4 Å². The number of rotatable bonds is 4. The van der Waals surface area contributed by atoms with Crippen LogP contribution in [0, 0.1) is 16.0 Å². The molecule has 21 heavy (non-hydrogen) atoms. The second-order valence-corrected chi connectivity index (χ2v) is 5.35. The van der Waals surface area contributed by atoms with Crippen molar-refractivity contribution in [3.63, 3.8) is 0 Å². The summed E-state index contributed by atoms with van der Waals surface area (Å²) >= 11 is 0. The number of nitro groups is 1. The number of hydrogen-bond acceptors (Lipinski definition) is 5. The largest absolute Gasteiger partial charge is 0.381 e. The summed E-state index contributed by atoms with van der Waals surface area (Å²) in [4.78, 5) is 15.3. The highest BCUT2D eigenvalue weighted by molar-refractivity contribution is 5.94. The number of anilines is 1. The molecule has 2 atom stereocenters. The van der Waals surface area contributed by atoms with Gasteiger partial charge in [-0.15, -0.1) is 0 Å². The van der Waals surface area contributed by atoms with E-state index in [9.17, 15) is 10.1 Å². The first-order valence-corrected chi connectivity index (χ1v) is 7.03. The SMILES string of the molecule is CC(Nc1ccc2ncccc2c1[N+](=O)[O-])C1CCOC1. The summed E-state index contributed by atoms with van der Waals surface area (Å²) in [7, 11) is 0. The van der Waals surface area contributed by atoms with Gasteiger partial charge in [0.25, 0.3) is 0 Å². The van der Waals surface area contributed by atoms with Gasteiger partial charge in [0.2, 0.25) is 0 Å². The summed E-state index contributed by atoms with van der Waals surface area (Å²) in [6, 6.07) is 7.12. The van der Waals surface area contributed by atoms with Crippen molar-refractivity contribution >= 4 is 22.3 Å². The van der Waals surface area contributed by atoms with Gasteiger partial charge < -0.3 is 10.1 Å². The highest BCUT2D eigenvalue weighted by Gasteiger charge is 2.25. The molecule has 0 saturated carbocycles. The molecule has 1 saturated heterocycles. The van der Waals surface area contributed by atoms with Crippen molar-refractivity contribution in [1.29, 1.82) is 0 Å². The number of nitrogens with zero attached hydrogens (tertiary/aromatic N) is 2. The summed E-state index contributed by atoms with van der Waals surface area (Å²) in [6.45, 7) is 3.51. The fraction of sp³-hybridized carbons (Fsp3) is 0.400. The predicted molar refractivity (Wildman–Crippen MR) is 80.4 cm³/mol. The van der Waals surface area contributed by atoms with Gasteiger partial charge in [0.1, 0.15) is 5.69 Å². The number of hydrogen-bond donors (Lipinski definition) is 1. The van der Waals surface area contributed by atoms with E-state index >= 15 is 0 Å². The summed E-state index contributed by atoms with van der Waals surface area (Å²) in [5, 5.41) is 15.3. The molecular formula is C15H17N3O3.